The molecule has 1 aliphatic rings. The molecule has 138 valence electrons. The fraction of sp³-hybridized carbons (Fsp3) is 0.389. The number of para-hydroxylation sites is 1. The molecule has 1 aliphatic heterocycles. The van der Waals surface area contributed by atoms with Gasteiger partial charge in [0.25, 0.3) is 5.91 Å². The highest BCUT2D eigenvalue weighted by Crippen LogP contribution is 2.24. The van der Waals surface area contributed by atoms with Crippen molar-refractivity contribution < 1.29 is 13.2 Å². The quantitative estimate of drug-likeness (QED) is 0.834. The Hall–Kier alpha value is -2.48. The number of anilines is 2. The number of nitrogens with one attached hydrogen (secondary N) is 2. The molecule has 1 saturated heterocycles. The standard InChI is InChI=1S/C18H22N4O3S/c1-12(2)15-5-3-4-6-16(15)22-17(23)13-9-19-18(20-10-13)21-14-7-8-26(24,25)11-14/h3-6,9-10,12,14H,7-8,11H2,1-2H3,(H,22,23)(H,19,20,21). The Bertz CT molecular complexity index is 895. The molecule has 0 aliphatic carbocycles. The molecule has 1 atom stereocenters. The van der Waals surface area contributed by atoms with Crippen LogP contribution in [0.4, 0.5) is 11.6 Å². The minimum atomic E-state index is -2.97. The average molecular weight is 374 g/mol. The Balaban J connectivity index is 1.66. The first-order valence-electron chi connectivity index (χ1n) is 8.53. The minimum absolute atomic E-state index is 0.0879. The van der Waals surface area contributed by atoms with Crippen LogP contribution in [0.3, 0.4) is 0 Å². The van der Waals surface area contributed by atoms with Gasteiger partial charge in [-0.15, -0.1) is 0 Å². The Labute approximate surface area is 153 Å². The predicted molar refractivity (Wildman–Crippen MR) is 101 cm³/mol. The van der Waals surface area contributed by atoms with Crippen LogP contribution in [-0.4, -0.2) is 41.8 Å². The molecular formula is C18H22N4O3S. The molecule has 1 aromatic heterocycles. The molecule has 0 radical (unpaired) electrons. The molecule has 0 saturated carbocycles. The van der Waals surface area contributed by atoms with Crippen molar-refractivity contribution in [2.24, 2.45) is 0 Å². The molecule has 2 N–H and O–H groups in total. The van der Waals surface area contributed by atoms with Crippen molar-refractivity contribution in [1.29, 1.82) is 0 Å². The fourth-order valence-corrected chi connectivity index (χ4v) is 4.59. The number of hydrogen-bond acceptors (Lipinski definition) is 6. The number of aromatic nitrogens is 2. The van der Waals surface area contributed by atoms with E-state index in [-0.39, 0.29) is 29.4 Å². The molecule has 1 unspecified atom stereocenters. The van der Waals surface area contributed by atoms with Crippen molar-refractivity contribution >= 4 is 27.4 Å². The van der Waals surface area contributed by atoms with Gasteiger partial charge in [0.2, 0.25) is 5.95 Å². The van der Waals surface area contributed by atoms with Crippen molar-refractivity contribution in [3.63, 3.8) is 0 Å². The summed E-state index contributed by atoms with van der Waals surface area (Å²) in [6.07, 6.45) is 3.41. The number of benzene rings is 1. The molecule has 26 heavy (non-hydrogen) atoms. The number of carbonyl (C=O) groups excluding carboxylic acids is 1. The van der Waals surface area contributed by atoms with Crippen LogP contribution in [0.25, 0.3) is 0 Å². The number of carbonyl (C=O) groups is 1. The summed E-state index contributed by atoms with van der Waals surface area (Å²) in [5.74, 6) is 0.599. The fourth-order valence-electron chi connectivity index (χ4n) is 2.92. The van der Waals surface area contributed by atoms with Crippen molar-refractivity contribution in [2.45, 2.75) is 32.2 Å². The van der Waals surface area contributed by atoms with Gasteiger partial charge in [0.05, 0.1) is 17.1 Å². The van der Waals surface area contributed by atoms with Crippen molar-refractivity contribution in [2.75, 3.05) is 22.1 Å². The Morgan fingerprint density at radius 2 is 1.88 bits per heavy atom. The third kappa shape index (κ3) is 4.37. The Morgan fingerprint density at radius 3 is 2.50 bits per heavy atom. The highest BCUT2D eigenvalue weighted by Gasteiger charge is 2.28. The van der Waals surface area contributed by atoms with Gasteiger partial charge in [0.15, 0.2) is 9.84 Å². The van der Waals surface area contributed by atoms with Crippen LogP contribution < -0.4 is 10.6 Å². The molecule has 3 rings (SSSR count). The largest absolute Gasteiger partial charge is 0.350 e. The van der Waals surface area contributed by atoms with E-state index in [1.54, 1.807) is 0 Å². The first-order valence-corrected chi connectivity index (χ1v) is 10.4. The number of nitrogens with zero attached hydrogens (tertiary/aromatic N) is 2. The maximum atomic E-state index is 12.4. The molecule has 8 heteroatoms. The van der Waals surface area contributed by atoms with Gasteiger partial charge in [-0.25, -0.2) is 18.4 Å². The summed E-state index contributed by atoms with van der Waals surface area (Å²) >= 11 is 0. The maximum absolute atomic E-state index is 12.4. The molecule has 1 amide bonds. The van der Waals surface area contributed by atoms with Crippen molar-refractivity contribution in [3.8, 4) is 0 Å². The summed E-state index contributed by atoms with van der Waals surface area (Å²) in [5, 5.41) is 5.90. The highest BCUT2D eigenvalue weighted by atomic mass is 32.2. The number of sulfone groups is 1. The van der Waals surface area contributed by atoms with E-state index in [4.69, 9.17) is 0 Å². The topological polar surface area (TPSA) is 101 Å². The molecule has 0 spiro atoms. The van der Waals surface area contributed by atoms with Gasteiger partial charge in [-0.2, -0.15) is 0 Å². The number of rotatable bonds is 5. The minimum Gasteiger partial charge on any atom is -0.350 e. The van der Waals surface area contributed by atoms with Crippen LogP contribution in [0, 0.1) is 0 Å². The smallest absolute Gasteiger partial charge is 0.258 e. The van der Waals surface area contributed by atoms with Crippen molar-refractivity contribution in [1.82, 2.24) is 9.97 Å². The van der Waals surface area contributed by atoms with E-state index < -0.39 is 9.84 Å². The first-order chi connectivity index (χ1) is 12.3. The lowest BCUT2D eigenvalue weighted by Crippen LogP contribution is -2.22. The van der Waals surface area contributed by atoms with Crippen molar-refractivity contribution in [3.05, 3.63) is 47.8 Å². The molecule has 2 heterocycles. The lowest BCUT2D eigenvalue weighted by Gasteiger charge is -2.14. The van der Waals surface area contributed by atoms with E-state index in [1.165, 1.54) is 12.4 Å². The van der Waals surface area contributed by atoms with E-state index in [1.807, 2.05) is 24.3 Å². The van der Waals surface area contributed by atoms with Crippen LogP contribution in [0.5, 0.6) is 0 Å². The van der Waals surface area contributed by atoms with Gasteiger partial charge in [0, 0.05) is 24.1 Å². The second-order valence-electron chi connectivity index (χ2n) is 6.74. The molecule has 0 bridgehead atoms. The van der Waals surface area contributed by atoms with Crippen LogP contribution in [0.1, 0.15) is 42.1 Å². The normalized spacial score (nSPS) is 18.7. The molecule has 1 fully saturated rings. The lowest BCUT2D eigenvalue weighted by atomic mass is 10.0. The summed E-state index contributed by atoms with van der Waals surface area (Å²) in [6, 6.07) is 7.49. The van der Waals surface area contributed by atoms with E-state index >= 15 is 0 Å². The van der Waals surface area contributed by atoms with Crippen LogP contribution in [-0.2, 0) is 9.84 Å². The van der Waals surface area contributed by atoms with Crippen LogP contribution in [0.15, 0.2) is 36.7 Å². The second kappa shape index (κ2) is 7.41. The summed E-state index contributed by atoms with van der Waals surface area (Å²) in [4.78, 5) is 20.7. The third-order valence-corrected chi connectivity index (χ3v) is 6.08. The SMILES string of the molecule is CC(C)c1ccccc1NC(=O)c1cnc(NC2CCS(=O)(=O)C2)nc1. The van der Waals surface area contributed by atoms with Gasteiger partial charge in [-0.05, 0) is 24.0 Å². The molecular weight excluding hydrogens is 352 g/mol. The predicted octanol–water partition coefficient (Wildman–Crippen LogP) is 2.45. The van der Waals surface area contributed by atoms with Gasteiger partial charge >= 0.3 is 0 Å². The summed E-state index contributed by atoms with van der Waals surface area (Å²) in [7, 11) is -2.97. The average Bonchev–Trinajstić information content (AvgIpc) is 2.94. The number of hydrogen-bond donors (Lipinski definition) is 2. The van der Waals surface area contributed by atoms with Crippen LogP contribution in [0.2, 0.25) is 0 Å². The molecule has 2 aromatic rings. The zero-order valence-corrected chi connectivity index (χ0v) is 15.6. The summed E-state index contributed by atoms with van der Waals surface area (Å²) in [6.45, 7) is 4.13. The third-order valence-electron chi connectivity index (χ3n) is 4.31. The highest BCUT2D eigenvalue weighted by molar-refractivity contribution is 7.91. The second-order valence-corrected chi connectivity index (χ2v) is 8.96. The van der Waals surface area contributed by atoms with Gasteiger partial charge < -0.3 is 10.6 Å². The zero-order valence-electron chi connectivity index (χ0n) is 14.8. The summed E-state index contributed by atoms with van der Waals surface area (Å²) in [5.41, 5.74) is 2.17. The van der Waals surface area contributed by atoms with Crippen LogP contribution >= 0.6 is 0 Å². The maximum Gasteiger partial charge on any atom is 0.258 e. The van der Waals surface area contributed by atoms with Gasteiger partial charge in [-0.1, -0.05) is 32.0 Å². The van der Waals surface area contributed by atoms with Gasteiger partial charge in [0.1, 0.15) is 0 Å². The van der Waals surface area contributed by atoms with E-state index in [2.05, 4.69) is 34.4 Å². The lowest BCUT2D eigenvalue weighted by molar-refractivity contribution is 0.102. The van der Waals surface area contributed by atoms with E-state index in [0.717, 1.165) is 11.3 Å². The molecule has 1 aromatic carbocycles. The van der Waals surface area contributed by atoms with E-state index in [9.17, 15) is 13.2 Å². The Kier molecular flexibility index (Phi) is 5.22. The Morgan fingerprint density at radius 1 is 1.19 bits per heavy atom. The summed E-state index contributed by atoms with van der Waals surface area (Å²) < 4.78 is 23.0. The molecule has 7 nitrogen and oxygen atoms in total. The van der Waals surface area contributed by atoms with E-state index in [0.29, 0.717) is 17.9 Å². The van der Waals surface area contributed by atoms with Gasteiger partial charge in [-0.3, -0.25) is 4.79 Å². The monoisotopic (exact) mass is 374 g/mol. The number of amides is 1. The first kappa shape index (κ1) is 18.3. The zero-order chi connectivity index (χ0) is 18.7.